The summed E-state index contributed by atoms with van der Waals surface area (Å²) in [6, 6.07) is 3.62. The second-order valence-corrected chi connectivity index (χ2v) is 10.5. The smallest absolute Gasteiger partial charge is 0.465 e. The molecule has 0 spiro atoms. The van der Waals surface area contributed by atoms with E-state index in [1.807, 2.05) is 19.6 Å². The van der Waals surface area contributed by atoms with Crippen LogP contribution in [0, 0.1) is 11.5 Å². The fourth-order valence-electron chi connectivity index (χ4n) is 1.69. The van der Waals surface area contributed by atoms with E-state index in [4.69, 9.17) is 5.11 Å². The van der Waals surface area contributed by atoms with Crippen molar-refractivity contribution in [2.24, 2.45) is 0 Å². The topological polar surface area (TPSA) is 49.8 Å². The number of nitrogens with zero attached hydrogens (tertiary/aromatic N) is 1. The van der Waals surface area contributed by atoms with E-state index in [2.05, 4.69) is 16.2 Å². The van der Waals surface area contributed by atoms with Crippen molar-refractivity contribution in [1.29, 1.82) is 0 Å². The molecule has 1 amide bonds. The molecule has 23 heavy (non-hydrogen) atoms. The van der Waals surface area contributed by atoms with Crippen molar-refractivity contribution in [2.45, 2.75) is 32.9 Å². The molecule has 4 nitrogen and oxygen atoms in total. The third-order valence-corrected chi connectivity index (χ3v) is 3.44. The van der Waals surface area contributed by atoms with Crippen molar-refractivity contribution >= 4 is 19.9 Å². The number of hydrogen-bond donors (Lipinski definition) is 1. The van der Waals surface area contributed by atoms with Crippen LogP contribution in [0.1, 0.15) is 12.5 Å². The average Bonchev–Trinajstić information content (AvgIpc) is 2.33. The minimum atomic E-state index is -4.86. The van der Waals surface area contributed by atoms with Crippen LogP contribution in [0.15, 0.2) is 18.2 Å². The van der Waals surface area contributed by atoms with E-state index in [0.717, 1.165) is 17.0 Å². The van der Waals surface area contributed by atoms with Crippen LogP contribution >= 0.6 is 0 Å². The first kappa shape index (κ1) is 18.9. The lowest BCUT2D eigenvalue weighted by Gasteiger charge is -2.19. The van der Waals surface area contributed by atoms with E-state index in [0.29, 0.717) is 0 Å². The van der Waals surface area contributed by atoms with Crippen molar-refractivity contribution in [3.63, 3.8) is 0 Å². The first-order valence-electron chi connectivity index (χ1n) is 6.86. The largest absolute Gasteiger partial charge is 0.573 e. The normalized spacial score (nSPS) is 11.4. The molecule has 126 valence electrons. The monoisotopic (exact) mass is 345 g/mol. The Balaban J connectivity index is 3.37. The first-order chi connectivity index (χ1) is 10.4. The van der Waals surface area contributed by atoms with Gasteiger partial charge < -0.3 is 9.84 Å². The minimum Gasteiger partial charge on any atom is -0.465 e. The van der Waals surface area contributed by atoms with Gasteiger partial charge in [0.1, 0.15) is 13.8 Å². The van der Waals surface area contributed by atoms with E-state index in [1.165, 1.54) is 6.07 Å². The highest BCUT2D eigenvalue weighted by atomic mass is 28.3. The number of halogens is 3. The molecule has 0 bridgehead atoms. The van der Waals surface area contributed by atoms with Gasteiger partial charge in [0.25, 0.3) is 0 Å². The lowest BCUT2D eigenvalue weighted by Crippen LogP contribution is -2.29. The molecule has 1 aromatic carbocycles. The van der Waals surface area contributed by atoms with E-state index in [9.17, 15) is 18.0 Å². The minimum absolute atomic E-state index is 0.0848. The summed E-state index contributed by atoms with van der Waals surface area (Å²) >= 11 is 0. The Morgan fingerprint density at radius 2 is 1.91 bits per heavy atom. The molecule has 0 atom stereocenters. The Labute approximate surface area is 133 Å². The van der Waals surface area contributed by atoms with Crippen LogP contribution in [0.3, 0.4) is 0 Å². The predicted molar refractivity (Wildman–Crippen MR) is 84.4 cm³/mol. The number of ether oxygens (including phenoxy) is 1. The summed E-state index contributed by atoms with van der Waals surface area (Å²) in [5.41, 5.74) is 3.39. The Hall–Kier alpha value is -2.14. The van der Waals surface area contributed by atoms with Gasteiger partial charge in [-0.05, 0) is 19.1 Å². The molecule has 0 aliphatic heterocycles. The molecule has 0 radical (unpaired) electrons. The van der Waals surface area contributed by atoms with Crippen LogP contribution in [0.5, 0.6) is 5.75 Å². The van der Waals surface area contributed by atoms with E-state index >= 15 is 0 Å². The molecular weight excluding hydrogens is 327 g/mol. The molecule has 0 saturated carbocycles. The van der Waals surface area contributed by atoms with Gasteiger partial charge in [-0.1, -0.05) is 25.6 Å². The maximum absolute atomic E-state index is 12.4. The lowest BCUT2D eigenvalue weighted by atomic mass is 10.2. The Bertz CT molecular complexity index is 642. The van der Waals surface area contributed by atoms with Gasteiger partial charge in [-0.2, -0.15) is 0 Å². The van der Waals surface area contributed by atoms with Crippen LogP contribution in [0.4, 0.5) is 23.7 Å². The fourth-order valence-corrected chi connectivity index (χ4v) is 2.21. The highest BCUT2D eigenvalue weighted by molar-refractivity contribution is 6.83. The molecule has 0 aliphatic rings. The molecule has 0 saturated heterocycles. The number of hydrogen-bond acceptors (Lipinski definition) is 2. The zero-order valence-corrected chi connectivity index (χ0v) is 14.3. The number of carboxylic acid groups (broad SMARTS) is 1. The van der Waals surface area contributed by atoms with Crippen LogP contribution in [-0.2, 0) is 0 Å². The van der Waals surface area contributed by atoms with Crippen molar-refractivity contribution in [3.8, 4) is 17.2 Å². The molecule has 1 N–H and O–H groups in total. The summed E-state index contributed by atoms with van der Waals surface area (Å²) in [5, 5.41) is 9.13. The third kappa shape index (κ3) is 6.65. The quantitative estimate of drug-likeness (QED) is 0.656. The predicted octanol–water partition coefficient (Wildman–Crippen LogP) is 4.32. The number of anilines is 1. The number of benzene rings is 1. The Morgan fingerprint density at radius 3 is 2.35 bits per heavy atom. The second kappa shape index (κ2) is 6.96. The SMILES string of the molecule is CCN(C(=O)O)c1cc(C#C[Si](C)(C)C)cc(OC(F)(F)F)c1. The van der Waals surface area contributed by atoms with Crippen molar-refractivity contribution in [2.75, 3.05) is 11.4 Å². The van der Waals surface area contributed by atoms with Gasteiger partial charge in [0.15, 0.2) is 0 Å². The number of amides is 1. The molecule has 1 aromatic rings. The van der Waals surface area contributed by atoms with Crippen LogP contribution in [0.25, 0.3) is 0 Å². The van der Waals surface area contributed by atoms with Crippen LogP contribution in [-0.4, -0.2) is 32.2 Å². The molecule has 0 aromatic heterocycles. The molecule has 1 rings (SSSR count). The summed E-state index contributed by atoms with van der Waals surface area (Å²) in [6.45, 7) is 7.65. The van der Waals surface area contributed by atoms with E-state index in [-0.39, 0.29) is 17.8 Å². The highest BCUT2D eigenvalue weighted by Gasteiger charge is 2.31. The highest BCUT2D eigenvalue weighted by Crippen LogP contribution is 2.29. The van der Waals surface area contributed by atoms with Crippen molar-refractivity contribution < 1.29 is 27.8 Å². The van der Waals surface area contributed by atoms with Gasteiger partial charge in [0, 0.05) is 18.2 Å². The molecular formula is C15H18F3NO3Si. The number of carbonyl (C=O) groups is 1. The summed E-state index contributed by atoms with van der Waals surface area (Å²) in [4.78, 5) is 12.1. The molecule has 0 aliphatic carbocycles. The zero-order chi connectivity index (χ0) is 17.8. The Kier molecular flexibility index (Phi) is 5.72. The van der Waals surface area contributed by atoms with Crippen LogP contribution < -0.4 is 9.64 Å². The van der Waals surface area contributed by atoms with E-state index < -0.39 is 26.3 Å². The van der Waals surface area contributed by atoms with Gasteiger partial charge in [0.2, 0.25) is 0 Å². The van der Waals surface area contributed by atoms with Gasteiger partial charge in [-0.3, -0.25) is 4.90 Å². The van der Waals surface area contributed by atoms with Gasteiger partial charge in [-0.25, -0.2) is 4.79 Å². The third-order valence-electron chi connectivity index (χ3n) is 2.57. The molecule has 8 heteroatoms. The van der Waals surface area contributed by atoms with Gasteiger partial charge in [-0.15, -0.1) is 18.7 Å². The van der Waals surface area contributed by atoms with Crippen LogP contribution in [0.2, 0.25) is 19.6 Å². The van der Waals surface area contributed by atoms with Gasteiger partial charge in [0.05, 0.1) is 5.69 Å². The van der Waals surface area contributed by atoms with E-state index in [1.54, 1.807) is 6.92 Å². The number of alkyl halides is 3. The zero-order valence-electron chi connectivity index (χ0n) is 13.3. The van der Waals surface area contributed by atoms with Gasteiger partial charge >= 0.3 is 12.5 Å². The molecule has 0 unspecified atom stereocenters. The van der Waals surface area contributed by atoms with Crippen molar-refractivity contribution in [3.05, 3.63) is 23.8 Å². The number of rotatable bonds is 3. The lowest BCUT2D eigenvalue weighted by molar-refractivity contribution is -0.274. The summed E-state index contributed by atoms with van der Waals surface area (Å²) in [5.74, 6) is 2.32. The fraction of sp³-hybridized carbons (Fsp3) is 0.400. The maximum Gasteiger partial charge on any atom is 0.573 e. The maximum atomic E-state index is 12.4. The summed E-state index contributed by atoms with van der Waals surface area (Å²) < 4.78 is 41.2. The first-order valence-corrected chi connectivity index (χ1v) is 10.4. The standard InChI is InChI=1S/C15H18F3NO3Si/c1-5-19(14(20)21)12-8-11(6-7-23(2,3)4)9-13(10-12)22-15(16,17)18/h8-10H,5H2,1-4H3,(H,20,21). The molecule has 0 heterocycles. The average molecular weight is 345 g/mol. The summed E-state index contributed by atoms with van der Waals surface area (Å²) in [7, 11) is -1.73. The molecule has 0 fully saturated rings. The summed E-state index contributed by atoms with van der Waals surface area (Å²) in [6.07, 6.45) is -6.12. The Morgan fingerprint density at radius 1 is 1.30 bits per heavy atom. The van der Waals surface area contributed by atoms with Crippen molar-refractivity contribution in [1.82, 2.24) is 0 Å². The second-order valence-electron chi connectivity index (χ2n) is 5.79.